The maximum absolute atomic E-state index is 3.34. The summed E-state index contributed by atoms with van der Waals surface area (Å²) in [5.41, 5.74) is 1.04. The first-order chi connectivity index (χ1) is 14.4. The predicted molar refractivity (Wildman–Crippen MR) is 126 cm³/mol. The van der Waals surface area contributed by atoms with Crippen LogP contribution in [0.15, 0.2) is 131 Å². The average molecular weight is 477 g/mol. The van der Waals surface area contributed by atoms with Crippen LogP contribution in [-0.4, -0.2) is 18.4 Å². The standard InChI is InChI=1S/C10H7.3C6H5.Sn/c1-2-3-7-10-8-5-4-6-9-10;3*1-2-4-6-5-3-1;/h1-2,4-6,8-9H;3*1-5H;. The molecule has 0 spiro atoms. The first-order valence-corrected chi connectivity index (χ1v) is 15.7. The van der Waals surface area contributed by atoms with E-state index in [0.717, 1.165) is 5.56 Å². The van der Waals surface area contributed by atoms with E-state index < -0.39 is 18.4 Å². The topological polar surface area (TPSA) is 0 Å². The molecule has 0 saturated heterocycles. The van der Waals surface area contributed by atoms with E-state index in [0.29, 0.717) is 0 Å². The molecule has 0 fully saturated rings. The van der Waals surface area contributed by atoms with Gasteiger partial charge < -0.3 is 0 Å². The third-order valence-corrected chi connectivity index (χ3v) is 17.6. The van der Waals surface area contributed by atoms with E-state index in [9.17, 15) is 0 Å². The Balaban J connectivity index is 1.89. The van der Waals surface area contributed by atoms with Crippen LogP contribution in [0.1, 0.15) is 5.56 Å². The third-order valence-electron chi connectivity index (χ3n) is 5.09. The minimum atomic E-state index is -3.34. The fourth-order valence-electron chi connectivity index (χ4n) is 3.70. The molecular formula is C28H22Sn. The Morgan fingerprint density at radius 1 is 0.483 bits per heavy atom. The van der Waals surface area contributed by atoms with Crippen molar-refractivity contribution in [1.29, 1.82) is 0 Å². The van der Waals surface area contributed by atoms with E-state index in [4.69, 9.17) is 0 Å². The van der Waals surface area contributed by atoms with Crippen LogP contribution in [0.2, 0.25) is 0 Å². The summed E-state index contributed by atoms with van der Waals surface area (Å²) in [7, 11) is 0. The van der Waals surface area contributed by atoms with Gasteiger partial charge in [0.15, 0.2) is 0 Å². The average Bonchev–Trinajstić information content (AvgIpc) is 2.82. The summed E-state index contributed by atoms with van der Waals surface area (Å²) in [6.45, 7) is 0. The van der Waals surface area contributed by atoms with E-state index in [-0.39, 0.29) is 0 Å². The second kappa shape index (κ2) is 9.45. The van der Waals surface area contributed by atoms with Crippen LogP contribution >= 0.6 is 0 Å². The van der Waals surface area contributed by atoms with Gasteiger partial charge in [-0.3, -0.25) is 0 Å². The molecule has 0 saturated carbocycles. The van der Waals surface area contributed by atoms with E-state index in [2.05, 4.69) is 113 Å². The fraction of sp³-hybridized carbons (Fsp3) is 0. The van der Waals surface area contributed by atoms with Crippen molar-refractivity contribution in [3.8, 4) is 11.8 Å². The molecule has 138 valence electrons. The van der Waals surface area contributed by atoms with Gasteiger partial charge in [-0.05, 0) is 0 Å². The van der Waals surface area contributed by atoms with Gasteiger partial charge in [0.25, 0.3) is 0 Å². The molecule has 0 bridgehead atoms. The van der Waals surface area contributed by atoms with E-state index in [1.165, 1.54) is 10.7 Å². The van der Waals surface area contributed by atoms with Crippen molar-refractivity contribution < 1.29 is 0 Å². The van der Waals surface area contributed by atoms with Crippen LogP contribution in [0, 0.1) is 11.8 Å². The van der Waals surface area contributed by atoms with Crippen LogP contribution in [0.4, 0.5) is 0 Å². The quantitative estimate of drug-likeness (QED) is 0.304. The summed E-state index contributed by atoms with van der Waals surface area (Å²) in [5, 5.41) is 0. The zero-order valence-corrected chi connectivity index (χ0v) is 19.1. The van der Waals surface area contributed by atoms with E-state index in [1.807, 2.05) is 30.3 Å². The molecule has 0 amide bonds. The van der Waals surface area contributed by atoms with Gasteiger partial charge in [-0.1, -0.05) is 0 Å². The third kappa shape index (κ3) is 4.36. The number of allylic oxidation sites excluding steroid dienone is 1. The number of benzene rings is 4. The minimum absolute atomic E-state index is 1.04. The normalized spacial score (nSPS) is 11.0. The predicted octanol–water partition coefficient (Wildman–Crippen LogP) is 4.30. The zero-order valence-electron chi connectivity index (χ0n) is 16.2. The first-order valence-electron chi connectivity index (χ1n) is 9.80. The van der Waals surface area contributed by atoms with Gasteiger partial charge in [0.1, 0.15) is 0 Å². The van der Waals surface area contributed by atoms with Crippen LogP contribution in [0.25, 0.3) is 0 Å². The van der Waals surface area contributed by atoms with Gasteiger partial charge in [-0.2, -0.15) is 0 Å². The monoisotopic (exact) mass is 478 g/mol. The molecule has 4 rings (SSSR count). The summed E-state index contributed by atoms with van der Waals surface area (Å²) in [5.74, 6) is 6.56. The van der Waals surface area contributed by atoms with E-state index in [1.54, 1.807) is 0 Å². The maximum atomic E-state index is 3.29. The molecule has 0 aliphatic heterocycles. The second-order valence-corrected chi connectivity index (χ2v) is 17.4. The molecule has 0 aliphatic carbocycles. The Hall–Kier alpha value is -3.02. The number of hydrogen-bond donors (Lipinski definition) is 0. The first kappa shape index (κ1) is 19.3. The zero-order chi connectivity index (χ0) is 19.8. The molecule has 0 aromatic heterocycles. The van der Waals surface area contributed by atoms with Crippen LogP contribution < -0.4 is 10.7 Å². The van der Waals surface area contributed by atoms with Gasteiger partial charge >= 0.3 is 178 Å². The molecule has 0 heterocycles. The van der Waals surface area contributed by atoms with Crippen molar-refractivity contribution in [2.24, 2.45) is 0 Å². The van der Waals surface area contributed by atoms with Crippen molar-refractivity contribution in [3.05, 3.63) is 137 Å². The van der Waals surface area contributed by atoms with Gasteiger partial charge in [0.05, 0.1) is 0 Å². The molecule has 0 radical (unpaired) electrons. The molecule has 0 N–H and O–H groups in total. The Bertz CT molecular complexity index is 1020. The number of hydrogen-bond acceptors (Lipinski definition) is 0. The molecule has 4 aromatic carbocycles. The Morgan fingerprint density at radius 2 is 0.862 bits per heavy atom. The molecule has 4 aromatic rings. The van der Waals surface area contributed by atoms with Crippen molar-refractivity contribution in [3.63, 3.8) is 0 Å². The molecular weight excluding hydrogens is 455 g/mol. The molecule has 0 aliphatic rings. The van der Waals surface area contributed by atoms with Gasteiger partial charge in [-0.25, -0.2) is 0 Å². The second-order valence-electron chi connectivity index (χ2n) is 6.87. The van der Waals surface area contributed by atoms with E-state index >= 15 is 0 Å². The summed E-state index contributed by atoms with van der Waals surface area (Å²) < 4.78 is 6.72. The SMILES string of the molecule is C(#Cc1ccccc1)/C=[CH]/[Sn]([c]1ccccc1)([c]1ccccc1)[c]1ccccc1. The summed E-state index contributed by atoms with van der Waals surface area (Å²) in [6.07, 6.45) is 2.08. The fourth-order valence-corrected chi connectivity index (χ4v) is 15.3. The molecule has 0 atom stereocenters. The van der Waals surface area contributed by atoms with Crippen molar-refractivity contribution in [2.45, 2.75) is 0 Å². The Morgan fingerprint density at radius 3 is 1.28 bits per heavy atom. The summed E-state index contributed by atoms with van der Waals surface area (Å²) in [6, 6.07) is 43.0. The van der Waals surface area contributed by atoms with Gasteiger partial charge in [0, 0.05) is 0 Å². The number of rotatable bonds is 4. The van der Waals surface area contributed by atoms with Crippen LogP contribution in [0.3, 0.4) is 0 Å². The molecule has 1 heteroatoms. The van der Waals surface area contributed by atoms with Gasteiger partial charge in [0.2, 0.25) is 0 Å². The van der Waals surface area contributed by atoms with Crippen LogP contribution in [-0.2, 0) is 0 Å². The Kier molecular flexibility index (Phi) is 6.29. The summed E-state index contributed by atoms with van der Waals surface area (Å²) in [4.78, 5) is 0. The Labute approximate surface area is 177 Å². The molecule has 0 unspecified atom stereocenters. The molecule has 29 heavy (non-hydrogen) atoms. The molecule has 0 nitrogen and oxygen atoms in total. The van der Waals surface area contributed by atoms with Crippen LogP contribution in [0.5, 0.6) is 0 Å². The van der Waals surface area contributed by atoms with Crippen molar-refractivity contribution in [1.82, 2.24) is 0 Å². The summed E-state index contributed by atoms with van der Waals surface area (Å²) >= 11 is -3.34. The van der Waals surface area contributed by atoms with Crippen molar-refractivity contribution in [2.75, 3.05) is 0 Å². The van der Waals surface area contributed by atoms with Gasteiger partial charge in [-0.15, -0.1) is 0 Å². The van der Waals surface area contributed by atoms with Crippen molar-refractivity contribution >= 4 is 29.1 Å².